The van der Waals surface area contributed by atoms with Gasteiger partial charge in [0.15, 0.2) is 0 Å². The van der Waals surface area contributed by atoms with Crippen molar-refractivity contribution in [3.63, 3.8) is 0 Å². The monoisotopic (exact) mass is 1060 g/mol. The van der Waals surface area contributed by atoms with Crippen molar-refractivity contribution in [2.24, 2.45) is 17.2 Å². The van der Waals surface area contributed by atoms with E-state index in [1.807, 2.05) is 18.2 Å². The fourth-order valence-corrected chi connectivity index (χ4v) is 8.56. The number of fused-ring (bicyclic) bond motifs is 1. The number of thiol groups is 2. The Morgan fingerprint density at radius 1 is 0.622 bits per heavy atom. The van der Waals surface area contributed by atoms with E-state index in [0.717, 1.165) is 15.8 Å². The lowest BCUT2D eigenvalue weighted by atomic mass is 10.0. The molecule has 1 heterocycles. The van der Waals surface area contributed by atoms with E-state index in [9.17, 15) is 53.7 Å². The van der Waals surface area contributed by atoms with Crippen LogP contribution in [0.2, 0.25) is 0 Å². The molecule has 0 aliphatic carbocycles. The zero-order valence-corrected chi connectivity index (χ0v) is 43.2. The Kier molecular flexibility index (Phi) is 23.7. The third-order valence-electron chi connectivity index (χ3n) is 12.2. The molecule has 0 fully saturated rings. The molecule has 0 saturated carbocycles. The number of H-pyrrole nitrogens is 1. The van der Waals surface area contributed by atoms with Gasteiger partial charge in [-0.25, -0.2) is 0 Å². The summed E-state index contributed by atoms with van der Waals surface area (Å²) in [6, 6.07) is 11.0. The second-order valence-electron chi connectivity index (χ2n) is 17.9. The Labute approximate surface area is 439 Å². The fraction of sp³-hybridized carbons (Fsp3) is 0.440. The summed E-state index contributed by atoms with van der Waals surface area (Å²) in [6.45, 7) is 2.69. The number of aliphatic hydroxyl groups is 2. The maximum absolute atomic E-state index is 14.7. The molecule has 22 nitrogen and oxygen atoms in total. The van der Waals surface area contributed by atoms with Crippen LogP contribution in [-0.2, 0) is 57.6 Å². The van der Waals surface area contributed by atoms with E-state index < -0.39 is 108 Å². The summed E-state index contributed by atoms with van der Waals surface area (Å²) in [6.07, 6.45) is -0.662. The normalized spacial score (nSPS) is 15.3. The van der Waals surface area contributed by atoms with Gasteiger partial charge in [-0.1, -0.05) is 60.7 Å². The van der Waals surface area contributed by atoms with E-state index in [1.54, 1.807) is 54.7 Å². The number of phenolic OH excluding ortho intramolecular Hbond substituents is 1. The Balaban J connectivity index is 1.63. The second-order valence-corrected chi connectivity index (χ2v) is 18.7. The van der Waals surface area contributed by atoms with Gasteiger partial charge in [-0.05, 0) is 81.0 Å². The van der Waals surface area contributed by atoms with Crippen LogP contribution >= 0.6 is 25.3 Å². The van der Waals surface area contributed by atoms with Gasteiger partial charge in [0.1, 0.15) is 48.0 Å². The molecule has 4 aromatic rings. The highest BCUT2D eigenvalue weighted by atomic mass is 32.1. The number of hydrogen-bond donors (Lipinski definition) is 15. The molecule has 0 saturated heterocycles. The van der Waals surface area contributed by atoms with Crippen molar-refractivity contribution in [1.29, 1.82) is 0 Å². The third-order valence-corrected chi connectivity index (χ3v) is 12.9. The number of para-hydroxylation sites is 1. The molecule has 3 aromatic carbocycles. The van der Waals surface area contributed by atoms with Gasteiger partial charge in [0, 0.05) is 48.5 Å². The lowest BCUT2D eigenvalue weighted by Crippen LogP contribution is -2.62. The van der Waals surface area contributed by atoms with Crippen LogP contribution < -0.4 is 49.1 Å². The van der Waals surface area contributed by atoms with Crippen molar-refractivity contribution < 1.29 is 53.7 Å². The molecular formula is C50H69N11O11S2. The first-order valence-corrected chi connectivity index (χ1v) is 25.2. The summed E-state index contributed by atoms with van der Waals surface area (Å²) in [5.74, 6) is -7.34. The molecule has 0 aliphatic rings. The smallest absolute Gasteiger partial charge is 0.248 e. The number of nitrogens with one attached hydrogen (secondary N) is 7. The minimum Gasteiger partial charge on any atom is -0.508 e. The standard InChI is InChI=1S/C50H69N11O11S2/c1-27(62)41(43(53)65)59-49(71)40(26-74)61(3)50(72)42(28(2)63)60-45(67)36(15-9-10-20-51)55-47(69)38(23-31-24-54-35-14-8-7-13-33(31)35)57-46(68)37(22-29-11-5-4-6-12-29)56-48(70)39(25-73)58-44(66)34(52)21-30-16-18-32(64)19-17-30/h4-8,11-14,16-19,24,27-28,34,36-42,54,62-64,73-74H,9-10,15,20-23,25-26,51-52H2,1-3H3,(H2,53,65)(H,55,69)(H,56,70)(H,57,68)(H,58,66)(H,59,71)(H,60,67)/t27-,28-,34+,36+,37+,38-,39+,40+,41+,42+/m1/s1. The number of likely N-dealkylation sites (N-methyl/N-ethyl adjacent to an activating group) is 1. The molecule has 24 heteroatoms. The van der Waals surface area contributed by atoms with Crippen molar-refractivity contribution >= 4 is 83.4 Å². The van der Waals surface area contributed by atoms with E-state index in [4.69, 9.17) is 17.2 Å². The van der Waals surface area contributed by atoms with E-state index in [1.165, 1.54) is 33.0 Å². The predicted octanol–water partition coefficient (Wildman–Crippen LogP) is -1.80. The highest BCUT2D eigenvalue weighted by Gasteiger charge is 2.38. The average molecular weight is 1060 g/mol. The molecule has 0 spiro atoms. The number of unbranched alkanes of at least 4 members (excludes halogenated alkanes) is 1. The lowest BCUT2D eigenvalue weighted by Gasteiger charge is -2.33. The maximum Gasteiger partial charge on any atom is 0.248 e. The number of nitrogens with zero attached hydrogens (tertiary/aromatic N) is 1. The number of rotatable bonds is 29. The van der Waals surface area contributed by atoms with Gasteiger partial charge in [-0.15, -0.1) is 0 Å². The number of carbonyl (C=O) groups is 8. The molecule has 402 valence electrons. The van der Waals surface area contributed by atoms with Crippen LogP contribution in [0, 0.1) is 0 Å². The van der Waals surface area contributed by atoms with Gasteiger partial charge in [0.2, 0.25) is 47.3 Å². The van der Waals surface area contributed by atoms with Crippen molar-refractivity contribution in [2.75, 3.05) is 25.1 Å². The van der Waals surface area contributed by atoms with Crippen LogP contribution in [0.3, 0.4) is 0 Å². The molecule has 16 N–H and O–H groups in total. The van der Waals surface area contributed by atoms with E-state index >= 15 is 0 Å². The first kappa shape index (κ1) is 59.9. The number of carbonyl (C=O) groups excluding carboxylic acids is 8. The number of hydrogen-bond acceptors (Lipinski definition) is 15. The Bertz CT molecular complexity index is 2530. The van der Waals surface area contributed by atoms with Crippen LogP contribution in [0.15, 0.2) is 85.1 Å². The van der Waals surface area contributed by atoms with Crippen molar-refractivity contribution in [3.8, 4) is 5.75 Å². The molecule has 1 aromatic heterocycles. The zero-order valence-electron chi connectivity index (χ0n) is 41.4. The van der Waals surface area contributed by atoms with Crippen LogP contribution in [0.4, 0.5) is 0 Å². The van der Waals surface area contributed by atoms with Gasteiger partial charge in [0.25, 0.3) is 0 Å². The zero-order chi connectivity index (χ0) is 54.6. The summed E-state index contributed by atoms with van der Waals surface area (Å²) in [4.78, 5) is 114. The maximum atomic E-state index is 14.7. The van der Waals surface area contributed by atoms with Gasteiger partial charge in [0.05, 0.1) is 18.2 Å². The minimum atomic E-state index is -1.69. The van der Waals surface area contributed by atoms with Crippen molar-refractivity contribution in [2.45, 2.75) is 113 Å². The average Bonchev–Trinajstić information content (AvgIpc) is 3.78. The fourth-order valence-electron chi connectivity index (χ4n) is 7.89. The Hall–Kier alpha value is -6.70. The van der Waals surface area contributed by atoms with E-state index in [0.29, 0.717) is 29.5 Å². The number of amides is 8. The number of aromatic amines is 1. The Morgan fingerprint density at radius 3 is 1.73 bits per heavy atom. The number of aliphatic hydroxyl groups excluding tert-OH is 2. The van der Waals surface area contributed by atoms with Crippen molar-refractivity contribution in [3.05, 3.63) is 102 Å². The number of benzene rings is 3. The number of phenols is 1. The highest BCUT2D eigenvalue weighted by Crippen LogP contribution is 2.20. The summed E-state index contributed by atoms with van der Waals surface area (Å²) in [5, 5.41) is 46.8. The number of nitrogens with two attached hydrogens (primary N) is 3. The summed E-state index contributed by atoms with van der Waals surface area (Å²) < 4.78 is 0. The van der Waals surface area contributed by atoms with Crippen LogP contribution in [0.1, 0.15) is 49.8 Å². The first-order valence-electron chi connectivity index (χ1n) is 24.0. The largest absolute Gasteiger partial charge is 0.508 e. The molecule has 0 aliphatic heterocycles. The molecule has 0 radical (unpaired) electrons. The highest BCUT2D eigenvalue weighted by molar-refractivity contribution is 7.80. The molecule has 0 bridgehead atoms. The number of aromatic nitrogens is 1. The predicted molar refractivity (Wildman–Crippen MR) is 283 cm³/mol. The second kappa shape index (κ2) is 29.3. The lowest BCUT2D eigenvalue weighted by molar-refractivity contribution is -0.144. The first-order chi connectivity index (χ1) is 35.2. The quantitative estimate of drug-likeness (QED) is 0.0211. The van der Waals surface area contributed by atoms with Crippen LogP contribution in [-0.4, -0.2) is 158 Å². The molecule has 10 atom stereocenters. The number of primary amides is 1. The van der Waals surface area contributed by atoms with Crippen LogP contribution in [0.5, 0.6) is 5.75 Å². The summed E-state index contributed by atoms with van der Waals surface area (Å²) >= 11 is 8.50. The summed E-state index contributed by atoms with van der Waals surface area (Å²) in [5.41, 5.74) is 19.9. The topological polar surface area (TPSA) is 367 Å². The van der Waals surface area contributed by atoms with Crippen LogP contribution in [0.25, 0.3) is 10.9 Å². The third kappa shape index (κ3) is 17.5. The molecule has 0 unspecified atom stereocenters. The van der Waals surface area contributed by atoms with Crippen molar-refractivity contribution in [1.82, 2.24) is 41.8 Å². The van der Waals surface area contributed by atoms with E-state index in [2.05, 4.69) is 62.1 Å². The van der Waals surface area contributed by atoms with Gasteiger partial charge in [-0.2, -0.15) is 25.3 Å². The van der Waals surface area contributed by atoms with E-state index in [-0.39, 0.29) is 49.5 Å². The summed E-state index contributed by atoms with van der Waals surface area (Å²) in [7, 11) is 1.21. The molecular weight excluding hydrogens is 995 g/mol. The molecule has 4 rings (SSSR count). The minimum absolute atomic E-state index is 0.0171. The number of aromatic hydroxyl groups is 1. The van der Waals surface area contributed by atoms with Gasteiger partial charge in [-0.3, -0.25) is 38.4 Å². The van der Waals surface area contributed by atoms with Gasteiger partial charge < -0.3 is 74.3 Å². The van der Waals surface area contributed by atoms with Gasteiger partial charge >= 0.3 is 0 Å². The Morgan fingerprint density at radius 2 is 1.15 bits per heavy atom. The molecule has 74 heavy (non-hydrogen) atoms. The molecule has 8 amide bonds. The SMILES string of the molecule is C[C@@H](O)[C@H](NC(=O)[C@H](CS)N(C)C(=O)[C@@H](NC(=O)[C@H](CCCCN)NC(=O)[C@@H](Cc1c[nH]c2ccccc12)NC(=O)[C@H](Cc1ccccc1)NC(=O)[C@H](CS)NC(=O)[C@@H](N)Cc1ccc(O)cc1)[C@@H](C)O)C(N)=O.